The molecule has 0 aliphatic carbocycles. The fraction of sp³-hybridized carbons (Fsp3) is 0.333. The van der Waals surface area contributed by atoms with Crippen LogP contribution in [0.25, 0.3) is 0 Å². The van der Waals surface area contributed by atoms with Crippen LogP contribution in [0.1, 0.15) is 36.7 Å². The first-order valence-corrected chi connectivity index (χ1v) is 7.92. The average molecular weight is 344 g/mol. The van der Waals surface area contributed by atoms with E-state index in [1.807, 2.05) is 32.0 Å². The second-order valence-electron chi connectivity index (χ2n) is 6.39. The number of amides is 2. The van der Waals surface area contributed by atoms with Gasteiger partial charge in [-0.25, -0.2) is 0 Å². The highest BCUT2D eigenvalue weighted by atomic mass is 16.7. The summed E-state index contributed by atoms with van der Waals surface area (Å²) in [6.45, 7) is 5.59. The number of carbonyl (C=O) groups excluding carboxylic acids is 2. The normalized spacial score (nSPS) is 14.0. The molecular weight excluding hydrogens is 324 g/mol. The first-order chi connectivity index (χ1) is 11.9. The van der Waals surface area contributed by atoms with Gasteiger partial charge >= 0.3 is 0 Å². The molecule has 1 atom stereocenters. The Morgan fingerprint density at radius 3 is 2.64 bits per heavy atom. The lowest BCUT2D eigenvalue weighted by atomic mass is 9.93. The average Bonchev–Trinajstić information content (AvgIpc) is 3.25. The van der Waals surface area contributed by atoms with Gasteiger partial charge in [0.2, 0.25) is 12.7 Å². The summed E-state index contributed by atoms with van der Waals surface area (Å²) < 4.78 is 15.5. The van der Waals surface area contributed by atoms with Crippen molar-refractivity contribution in [3.63, 3.8) is 0 Å². The fourth-order valence-electron chi connectivity index (χ4n) is 2.51. The third-order valence-corrected chi connectivity index (χ3v) is 4.05. The van der Waals surface area contributed by atoms with E-state index in [9.17, 15) is 9.59 Å². The van der Waals surface area contributed by atoms with Crippen molar-refractivity contribution < 1.29 is 23.5 Å². The molecule has 1 aromatic carbocycles. The number of benzene rings is 1. The van der Waals surface area contributed by atoms with E-state index < -0.39 is 11.6 Å². The highest BCUT2D eigenvalue weighted by Crippen LogP contribution is 2.35. The summed E-state index contributed by atoms with van der Waals surface area (Å²) in [5.41, 5.74) is 0.598. The van der Waals surface area contributed by atoms with Crippen LogP contribution in [0.15, 0.2) is 41.2 Å². The van der Waals surface area contributed by atoms with Crippen LogP contribution in [0.5, 0.6) is 11.5 Å². The van der Waals surface area contributed by atoms with Crippen molar-refractivity contribution in [1.29, 1.82) is 0 Å². The lowest BCUT2D eigenvalue weighted by Crippen LogP contribution is -2.50. The standard InChI is InChI=1S/C18H20N2O5/c1-11(19-17(22)12-6-7-23-9-12)16(21)20-18(2,3)13-4-5-14-15(8-13)25-10-24-14/h4-9,11H,10H2,1-3H3,(H,19,22)(H,20,21). The molecule has 2 amide bonds. The van der Waals surface area contributed by atoms with Crippen molar-refractivity contribution in [2.75, 3.05) is 6.79 Å². The van der Waals surface area contributed by atoms with Crippen molar-refractivity contribution in [2.24, 2.45) is 0 Å². The minimum atomic E-state index is -0.698. The molecule has 2 aromatic rings. The highest BCUT2D eigenvalue weighted by molar-refractivity contribution is 5.97. The molecule has 2 N–H and O–H groups in total. The zero-order valence-electron chi connectivity index (χ0n) is 14.3. The molecule has 0 radical (unpaired) electrons. The van der Waals surface area contributed by atoms with Crippen LogP contribution >= 0.6 is 0 Å². The van der Waals surface area contributed by atoms with Gasteiger partial charge in [-0.2, -0.15) is 0 Å². The van der Waals surface area contributed by atoms with E-state index in [4.69, 9.17) is 13.9 Å². The molecule has 3 rings (SSSR count). The summed E-state index contributed by atoms with van der Waals surface area (Å²) in [4.78, 5) is 24.5. The van der Waals surface area contributed by atoms with Gasteiger partial charge in [0.1, 0.15) is 12.3 Å². The quantitative estimate of drug-likeness (QED) is 0.868. The largest absolute Gasteiger partial charge is 0.472 e. The summed E-state index contributed by atoms with van der Waals surface area (Å²) in [5.74, 6) is 0.685. The highest BCUT2D eigenvalue weighted by Gasteiger charge is 2.28. The van der Waals surface area contributed by atoms with Crippen molar-refractivity contribution in [1.82, 2.24) is 10.6 Å². The number of rotatable bonds is 5. The predicted molar refractivity (Wildman–Crippen MR) is 89.4 cm³/mol. The van der Waals surface area contributed by atoms with Crippen molar-refractivity contribution in [3.05, 3.63) is 47.9 Å². The number of carbonyl (C=O) groups is 2. The van der Waals surface area contributed by atoms with E-state index in [-0.39, 0.29) is 18.6 Å². The molecule has 0 saturated heterocycles. The van der Waals surface area contributed by atoms with Gasteiger partial charge in [-0.3, -0.25) is 9.59 Å². The Labute approximate surface area is 145 Å². The summed E-state index contributed by atoms with van der Waals surface area (Å²) in [7, 11) is 0. The molecule has 1 aliphatic heterocycles. The Balaban J connectivity index is 1.65. The second-order valence-corrected chi connectivity index (χ2v) is 6.39. The lowest BCUT2D eigenvalue weighted by Gasteiger charge is -2.29. The van der Waals surface area contributed by atoms with E-state index in [1.54, 1.807) is 6.92 Å². The van der Waals surface area contributed by atoms with E-state index in [1.165, 1.54) is 18.6 Å². The Bertz CT molecular complexity index is 783. The minimum Gasteiger partial charge on any atom is -0.472 e. The van der Waals surface area contributed by atoms with Crippen molar-refractivity contribution >= 4 is 11.8 Å². The Morgan fingerprint density at radius 2 is 1.92 bits per heavy atom. The van der Waals surface area contributed by atoms with Crippen molar-refractivity contribution in [3.8, 4) is 11.5 Å². The fourth-order valence-corrected chi connectivity index (χ4v) is 2.51. The number of hydrogen-bond acceptors (Lipinski definition) is 5. The molecule has 25 heavy (non-hydrogen) atoms. The first kappa shape index (κ1) is 16.9. The molecule has 2 heterocycles. The van der Waals surface area contributed by atoms with E-state index in [0.29, 0.717) is 17.1 Å². The van der Waals surface area contributed by atoms with Gasteiger partial charge in [-0.05, 0) is 44.5 Å². The Kier molecular flexibility index (Phi) is 4.39. The van der Waals surface area contributed by atoms with Gasteiger partial charge < -0.3 is 24.5 Å². The van der Waals surface area contributed by atoms with Gasteiger partial charge in [-0.15, -0.1) is 0 Å². The van der Waals surface area contributed by atoms with Gasteiger partial charge in [0, 0.05) is 0 Å². The van der Waals surface area contributed by atoms with Crippen LogP contribution in [-0.2, 0) is 10.3 Å². The van der Waals surface area contributed by atoms with Gasteiger partial charge in [-0.1, -0.05) is 6.07 Å². The topological polar surface area (TPSA) is 89.8 Å². The van der Waals surface area contributed by atoms with Crippen LogP contribution in [0.3, 0.4) is 0 Å². The van der Waals surface area contributed by atoms with Crippen LogP contribution in [0.2, 0.25) is 0 Å². The number of hydrogen-bond donors (Lipinski definition) is 2. The number of furan rings is 1. The first-order valence-electron chi connectivity index (χ1n) is 7.92. The number of nitrogens with one attached hydrogen (secondary N) is 2. The third-order valence-electron chi connectivity index (χ3n) is 4.05. The summed E-state index contributed by atoms with van der Waals surface area (Å²) >= 11 is 0. The minimum absolute atomic E-state index is 0.197. The summed E-state index contributed by atoms with van der Waals surface area (Å²) in [5, 5.41) is 5.58. The molecule has 0 bridgehead atoms. The molecule has 132 valence electrons. The van der Waals surface area contributed by atoms with Crippen LogP contribution in [0, 0.1) is 0 Å². The van der Waals surface area contributed by atoms with Crippen LogP contribution in [0.4, 0.5) is 0 Å². The van der Waals surface area contributed by atoms with Gasteiger partial charge in [0.15, 0.2) is 11.5 Å². The smallest absolute Gasteiger partial charge is 0.255 e. The second kappa shape index (κ2) is 6.51. The lowest BCUT2D eigenvalue weighted by molar-refractivity contribution is -0.124. The molecule has 0 saturated carbocycles. The molecule has 0 spiro atoms. The van der Waals surface area contributed by atoms with Crippen LogP contribution < -0.4 is 20.1 Å². The Hall–Kier alpha value is -2.96. The molecule has 1 aromatic heterocycles. The monoisotopic (exact) mass is 344 g/mol. The molecule has 7 heteroatoms. The number of ether oxygens (including phenoxy) is 2. The predicted octanol–water partition coefficient (Wildman–Crippen LogP) is 2.18. The number of fused-ring (bicyclic) bond motifs is 1. The van der Waals surface area contributed by atoms with E-state index in [2.05, 4.69) is 10.6 Å². The maximum atomic E-state index is 12.5. The van der Waals surface area contributed by atoms with Gasteiger partial charge in [0.25, 0.3) is 5.91 Å². The van der Waals surface area contributed by atoms with Crippen molar-refractivity contribution in [2.45, 2.75) is 32.4 Å². The molecule has 0 fully saturated rings. The van der Waals surface area contributed by atoms with E-state index >= 15 is 0 Å². The Morgan fingerprint density at radius 1 is 1.16 bits per heavy atom. The summed E-state index contributed by atoms with van der Waals surface area (Å²) in [6.07, 6.45) is 2.74. The third kappa shape index (κ3) is 3.60. The zero-order valence-corrected chi connectivity index (χ0v) is 14.3. The molecule has 1 aliphatic rings. The zero-order chi connectivity index (χ0) is 18.0. The molecule has 7 nitrogen and oxygen atoms in total. The van der Waals surface area contributed by atoms with E-state index in [0.717, 1.165) is 5.56 Å². The maximum absolute atomic E-state index is 12.5. The van der Waals surface area contributed by atoms with Crippen LogP contribution in [-0.4, -0.2) is 24.6 Å². The summed E-state index contributed by atoms with van der Waals surface area (Å²) in [6, 6.07) is 6.38. The maximum Gasteiger partial charge on any atom is 0.255 e. The molecule has 1 unspecified atom stereocenters. The van der Waals surface area contributed by atoms with Gasteiger partial charge in [0.05, 0.1) is 17.4 Å². The molecular formula is C18H20N2O5. The SMILES string of the molecule is CC(NC(=O)c1ccoc1)C(=O)NC(C)(C)c1ccc2c(c1)OCO2.